The molecule has 1 aromatic carbocycles. The second-order valence-corrected chi connectivity index (χ2v) is 5.01. The largest absolute Gasteiger partial charge is 0.494 e. The van der Waals surface area contributed by atoms with Gasteiger partial charge in [0.1, 0.15) is 0 Å². The summed E-state index contributed by atoms with van der Waals surface area (Å²) >= 11 is 0. The van der Waals surface area contributed by atoms with Crippen LogP contribution in [0.4, 0.5) is 10.1 Å². The second-order valence-electron chi connectivity index (χ2n) is 5.01. The second kappa shape index (κ2) is 6.67. The summed E-state index contributed by atoms with van der Waals surface area (Å²) in [7, 11) is 1.40. The third kappa shape index (κ3) is 3.91. The van der Waals surface area contributed by atoms with Crippen molar-refractivity contribution in [2.75, 3.05) is 32.1 Å². The van der Waals surface area contributed by atoms with Crippen LogP contribution >= 0.6 is 0 Å². The molecule has 3 N–H and O–H groups in total. The molecule has 0 unspecified atom stereocenters. The molecular weight excluding hydrogens is 261 g/mol. The molecule has 0 saturated carbocycles. The van der Waals surface area contributed by atoms with Crippen LogP contribution in [-0.2, 0) is 4.79 Å². The highest BCUT2D eigenvalue weighted by Gasteiger charge is 2.18. The zero-order valence-corrected chi connectivity index (χ0v) is 11.6. The molecule has 0 spiro atoms. The van der Waals surface area contributed by atoms with Crippen LogP contribution in [0.1, 0.15) is 12.8 Å². The first kappa shape index (κ1) is 14.7. The molecule has 1 aromatic rings. The summed E-state index contributed by atoms with van der Waals surface area (Å²) in [5.41, 5.74) is 6.25. The molecule has 0 atom stereocenters. The van der Waals surface area contributed by atoms with E-state index >= 15 is 0 Å². The molecular formula is C14H20FN3O2. The SMILES string of the molecule is COc1ccc(NC(=O)CN2CCC(N)CC2)cc1F. The molecule has 110 valence electrons. The van der Waals surface area contributed by atoms with Crippen molar-refractivity contribution in [2.45, 2.75) is 18.9 Å². The normalized spacial score (nSPS) is 16.9. The molecule has 0 aromatic heterocycles. The van der Waals surface area contributed by atoms with Crippen molar-refractivity contribution in [1.29, 1.82) is 0 Å². The first-order valence-corrected chi connectivity index (χ1v) is 6.70. The van der Waals surface area contributed by atoms with Gasteiger partial charge in [-0.2, -0.15) is 0 Å². The smallest absolute Gasteiger partial charge is 0.238 e. The fourth-order valence-electron chi connectivity index (χ4n) is 2.26. The van der Waals surface area contributed by atoms with Crippen molar-refractivity contribution < 1.29 is 13.9 Å². The maximum absolute atomic E-state index is 13.5. The Morgan fingerprint density at radius 1 is 1.50 bits per heavy atom. The van der Waals surface area contributed by atoms with E-state index in [0.29, 0.717) is 12.2 Å². The van der Waals surface area contributed by atoms with Gasteiger partial charge in [-0.05, 0) is 25.0 Å². The molecule has 0 radical (unpaired) electrons. The Hall–Kier alpha value is -1.66. The van der Waals surface area contributed by atoms with E-state index in [1.54, 1.807) is 6.07 Å². The molecule has 1 aliphatic rings. The summed E-state index contributed by atoms with van der Waals surface area (Å²) < 4.78 is 18.3. The van der Waals surface area contributed by atoms with Gasteiger partial charge in [0.25, 0.3) is 0 Å². The highest BCUT2D eigenvalue weighted by Crippen LogP contribution is 2.20. The van der Waals surface area contributed by atoms with Crippen molar-refractivity contribution in [3.05, 3.63) is 24.0 Å². The van der Waals surface area contributed by atoms with Gasteiger partial charge in [-0.15, -0.1) is 0 Å². The molecule has 0 aliphatic carbocycles. The number of nitrogens with one attached hydrogen (secondary N) is 1. The summed E-state index contributed by atoms with van der Waals surface area (Å²) in [4.78, 5) is 13.9. The average molecular weight is 281 g/mol. The minimum absolute atomic E-state index is 0.148. The Kier molecular flexibility index (Phi) is 4.92. The van der Waals surface area contributed by atoms with Crippen LogP contribution < -0.4 is 15.8 Å². The Morgan fingerprint density at radius 2 is 2.20 bits per heavy atom. The first-order valence-electron chi connectivity index (χ1n) is 6.70. The van der Waals surface area contributed by atoms with Crippen molar-refractivity contribution in [3.63, 3.8) is 0 Å². The summed E-state index contributed by atoms with van der Waals surface area (Å²) in [5, 5.41) is 2.69. The van der Waals surface area contributed by atoms with E-state index in [4.69, 9.17) is 10.5 Å². The third-order valence-electron chi connectivity index (χ3n) is 3.44. The van der Waals surface area contributed by atoms with Crippen molar-refractivity contribution in [2.24, 2.45) is 5.73 Å². The van der Waals surface area contributed by atoms with Crippen molar-refractivity contribution in [1.82, 2.24) is 4.90 Å². The Labute approximate surface area is 117 Å². The lowest BCUT2D eigenvalue weighted by atomic mass is 10.1. The average Bonchev–Trinajstić information content (AvgIpc) is 2.41. The number of rotatable bonds is 4. The van der Waals surface area contributed by atoms with Gasteiger partial charge < -0.3 is 15.8 Å². The molecule has 1 amide bonds. The number of hydrogen-bond acceptors (Lipinski definition) is 4. The van der Waals surface area contributed by atoms with Gasteiger partial charge >= 0.3 is 0 Å². The summed E-state index contributed by atoms with van der Waals surface area (Å²) in [6.07, 6.45) is 1.81. The van der Waals surface area contributed by atoms with Gasteiger partial charge in [0.05, 0.1) is 13.7 Å². The van der Waals surface area contributed by atoms with Gasteiger partial charge in [-0.1, -0.05) is 0 Å². The zero-order chi connectivity index (χ0) is 14.5. The number of benzene rings is 1. The highest BCUT2D eigenvalue weighted by molar-refractivity contribution is 5.92. The molecule has 5 nitrogen and oxygen atoms in total. The Morgan fingerprint density at radius 3 is 2.80 bits per heavy atom. The standard InChI is InChI=1S/C14H20FN3O2/c1-20-13-3-2-11(8-12(13)15)17-14(19)9-18-6-4-10(16)5-7-18/h2-3,8,10H,4-7,9,16H2,1H3,(H,17,19). The quantitative estimate of drug-likeness (QED) is 0.870. The number of ether oxygens (including phenoxy) is 1. The number of amides is 1. The van der Waals surface area contributed by atoms with Gasteiger partial charge in [-0.25, -0.2) is 4.39 Å². The summed E-state index contributed by atoms with van der Waals surface area (Å²) in [5.74, 6) is -0.479. The maximum atomic E-state index is 13.5. The van der Waals surface area contributed by atoms with Crippen molar-refractivity contribution >= 4 is 11.6 Å². The van der Waals surface area contributed by atoms with Crippen LogP contribution in [0.25, 0.3) is 0 Å². The number of anilines is 1. The fraction of sp³-hybridized carbons (Fsp3) is 0.500. The highest BCUT2D eigenvalue weighted by atomic mass is 19.1. The first-order chi connectivity index (χ1) is 9.58. The van der Waals surface area contributed by atoms with Crippen LogP contribution in [0.3, 0.4) is 0 Å². The Bertz CT molecular complexity index is 473. The number of halogens is 1. The lowest BCUT2D eigenvalue weighted by Gasteiger charge is -2.29. The number of hydrogen-bond donors (Lipinski definition) is 2. The van der Waals surface area contributed by atoms with E-state index in [0.717, 1.165) is 25.9 Å². The molecule has 1 fully saturated rings. The zero-order valence-electron chi connectivity index (χ0n) is 11.6. The lowest BCUT2D eigenvalue weighted by molar-refractivity contribution is -0.117. The number of methoxy groups -OCH3 is 1. The van der Waals surface area contributed by atoms with Gasteiger partial charge in [0.15, 0.2) is 11.6 Å². The number of likely N-dealkylation sites (tertiary alicyclic amines) is 1. The monoisotopic (exact) mass is 281 g/mol. The molecule has 2 rings (SSSR count). The predicted octanol–water partition coefficient (Wildman–Crippen LogP) is 1.20. The van der Waals surface area contributed by atoms with Gasteiger partial charge in [-0.3, -0.25) is 9.69 Å². The lowest BCUT2D eigenvalue weighted by Crippen LogP contribution is -2.43. The minimum Gasteiger partial charge on any atom is -0.494 e. The molecule has 0 bridgehead atoms. The van der Waals surface area contributed by atoms with E-state index < -0.39 is 5.82 Å². The van der Waals surface area contributed by atoms with Crippen LogP contribution in [0.2, 0.25) is 0 Å². The van der Waals surface area contributed by atoms with Gasteiger partial charge in [0, 0.05) is 30.9 Å². The van der Waals surface area contributed by atoms with E-state index in [1.165, 1.54) is 19.2 Å². The van der Waals surface area contributed by atoms with E-state index in [-0.39, 0.29) is 17.7 Å². The van der Waals surface area contributed by atoms with Crippen molar-refractivity contribution in [3.8, 4) is 5.75 Å². The number of nitrogens with two attached hydrogens (primary N) is 1. The van der Waals surface area contributed by atoms with Crippen LogP contribution in [0, 0.1) is 5.82 Å². The van der Waals surface area contributed by atoms with Crippen LogP contribution in [0.15, 0.2) is 18.2 Å². The van der Waals surface area contributed by atoms with Crippen LogP contribution in [-0.4, -0.2) is 43.6 Å². The minimum atomic E-state index is -0.491. The maximum Gasteiger partial charge on any atom is 0.238 e. The molecule has 1 saturated heterocycles. The molecule has 6 heteroatoms. The number of piperidine rings is 1. The number of nitrogens with zero attached hydrogens (tertiary/aromatic N) is 1. The molecule has 1 aliphatic heterocycles. The van der Waals surface area contributed by atoms with E-state index in [1.807, 2.05) is 0 Å². The van der Waals surface area contributed by atoms with Gasteiger partial charge in [0.2, 0.25) is 5.91 Å². The Balaban J connectivity index is 1.86. The summed E-state index contributed by atoms with van der Waals surface area (Å²) in [6.45, 7) is 1.96. The molecule has 20 heavy (non-hydrogen) atoms. The fourth-order valence-corrected chi connectivity index (χ4v) is 2.26. The third-order valence-corrected chi connectivity index (χ3v) is 3.44. The molecule has 1 heterocycles. The predicted molar refractivity (Wildman–Crippen MR) is 75.2 cm³/mol. The van der Waals surface area contributed by atoms with Crippen LogP contribution in [0.5, 0.6) is 5.75 Å². The number of carbonyl (C=O) groups is 1. The van der Waals surface area contributed by atoms with E-state index in [9.17, 15) is 9.18 Å². The topological polar surface area (TPSA) is 67.6 Å². The summed E-state index contributed by atoms with van der Waals surface area (Å²) in [6, 6.07) is 4.60. The van der Waals surface area contributed by atoms with E-state index in [2.05, 4.69) is 10.2 Å². The number of carbonyl (C=O) groups excluding carboxylic acids is 1.